The molecule has 1 unspecified atom stereocenters. The van der Waals surface area contributed by atoms with Crippen molar-refractivity contribution in [1.29, 1.82) is 0 Å². The van der Waals surface area contributed by atoms with Crippen LogP contribution >= 0.6 is 12.4 Å². The van der Waals surface area contributed by atoms with E-state index < -0.39 is 0 Å². The predicted octanol–water partition coefficient (Wildman–Crippen LogP) is 3.31. The third-order valence-corrected chi connectivity index (χ3v) is 3.52. The van der Waals surface area contributed by atoms with Crippen molar-refractivity contribution in [2.45, 2.75) is 38.6 Å². The predicted molar refractivity (Wildman–Crippen MR) is 72.4 cm³/mol. The maximum atomic E-state index is 2.52. The van der Waals surface area contributed by atoms with Crippen molar-refractivity contribution >= 4 is 12.4 Å². The van der Waals surface area contributed by atoms with E-state index in [0.717, 1.165) is 6.04 Å². The smallest absolute Gasteiger partial charge is 0.0136 e. The maximum Gasteiger partial charge on any atom is 0.0136 e. The first kappa shape index (κ1) is 13.5. The molecule has 1 aliphatic rings. The third-order valence-electron chi connectivity index (χ3n) is 3.52. The SMILES string of the molecule is CCCN(C)C1CCc2ccccc2C1.Cl. The van der Waals surface area contributed by atoms with Crippen LogP contribution in [0.3, 0.4) is 0 Å². The Morgan fingerprint density at radius 2 is 1.94 bits per heavy atom. The van der Waals surface area contributed by atoms with Crippen molar-refractivity contribution in [2.75, 3.05) is 13.6 Å². The van der Waals surface area contributed by atoms with Gasteiger partial charge in [0.2, 0.25) is 0 Å². The summed E-state index contributed by atoms with van der Waals surface area (Å²) in [4.78, 5) is 2.52. The minimum atomic E-state index is 0. The van der Waals surface area contributed by atoms with Crippen LogP contribution in [-0.2, 0) is 12.8 Å². The van der Waals surface area contributed by atoms with Gasteiger partial charge in [0.05, 0.1) is 0 Å². The van der Waals surface area contributed by atoms with E-state index in [-0.39, 0.29) is 12.4 Å². The number of hydrogen-bond acceptors (Lipinski definition) is 1. The molecular formula is C14H22ClN. The largest absolute Gasteiger partial charge is 0.303 e. The van der Waals surface area contributed by atoms with Crippen molar-refractivity contribution in [3.05, 3.63) is 35.4 Å². The Balaban J connectivity index is 0.00000128. The number of likely N-dealkylation sites (N-methyl/N-ethyl adjacent to an activating group) is 1. The first-order valence-corrected chi connectivity index (χ1v) is 6.08. The third kappa shape index (κ3) is 2.99. The molecule has 2 heteroatoms. The molecule has 0 saturated carbocycles. The lowest BCUT2D eigenvalue weighted by Crippen LogP contribution is -2.36. The monoisotopic (exact) mass is 239 g/mol. The standard InChI is InChI=1S/C14H21N.ClH/c1-3-10-15(2)14-9-8-12-6-4-5-7-13(12)11-14;/h4-7,14H,3,8-11H2,1-2H3;1H. The minimum Gasteiger partial charge on any atom is -0.303 e. The van der Waals surface area contributed by atoms with Crippen molar-refractivity contribution in [2.24, 2.45) is 0 Å². The van der Waals surface area contributed by atoms with Gasteiger partial charge < -0.3 is 4.90 Å². The summed E-state index contributed by atoms with van der Waals surface area (Å²) in [6.07, 6.45) is 5.09. The lowest BCUT2D eigenvalue weighted by atomic mass is 9.87. The molecular weight excluding hydrogens is 218 g/mol. The Labute approximate surface area is 105 Å². The molecule has 90 valence electrons. The zero-order valence-electron chi connectivity index (χ0n) is 10.3. The van der Waals surface area contributed by atoms with Crippen LogP contribution in [0.1, 0.15) is 30.9 Å². The Bertz CT molecular complexity index is 324. The lowest BCUT2D eigenvalue weighted by Gasteiger charge is -2.32. The van der Waals surface area contributed by atoms with Gasteiger partial charge in [0.1, 0.15) is 0 Å². The van der Waals surface area contributed by atoms with Gasteiger partial charge in [0.15, 0.2) is 0 Å². The van der Waals surface area contributed by atoms with Crippen LogP contribution in [0.2, 0.25) is 0 Å². The van der Waals surface area contributed by atoms with E-state index in [9.17, 15) is 0 Å². The fraction of sp³-hybridized carbons (Fsp3) is 0.571. The average molecular weight is 240 g/mol. The normalized spacial score (nSPS) is 19.1. The van der Waals surface area contributed by atoms with E-state index in [1.165, 1.54) is 32.2 Å². The highest BCUT2D eigenvalue weighted by molar-refractivity contribution is 5.85. The highest BCUT2D eigenvalue weighted by Gasteiger charge is 2.20. The highest BCUT2D eigenvalue weighted by Crippen LogP contribution is 2.23. The molecule has 0 bridgehead atoms. The van der Waals surface area contributed by atoms with Gasteiger partial charge in [0.25, 0.3) is 0 Å². The second-order valence-electron chi connectivity index (χ2n) is 4.65. The summed E-state index contributed by atoms with van der Waals surface area (Å²) < 4.78 is 0. The number of hydrogen-bond donors (Lipinski definition) is 0. The summed E-state index contributed by atoms with van der Waals surface area (Å²) in [5, 5.41) is 0. The molecule has 1 aromatic rings. The second kappa shape index (κ2) is 6.27. The summed E-state index contributed by atoms with van der Waals surface area (Å²) in [5.41, 5.74) is 3.13. The average Bonchev–Trinajstić information content (AvgIpc) is 2.29. The van der Waals surface area contributed by atoms with Crippen LogP contribution in [-0.4, -0.2) is 24.5 Å². The minimum absolute atomic E-state index is 0. The van der Waals surface area contributed by atoms with E-state index in [1.54, 1.807) is 11.1 Å². The Hall–Kier alpha value is -0.530. The fourth-order valence-electron chi connectivity index (χ4n) is 2.59. The van der Waals surface area contributed by atoms with Crippen LogP contribution in [0.5, 0.6) is 0 Å². The van der Waals surface area contributed by atoms with E-state index >= 15 is 0 Å². The summed E-state index contributed by atoms with van der Waals surface area (Å²) >= 11 is 0. The van der Waals surface area contributed by atoms with Crippen LogP contribution in [0.15, 0.2) is 24.3 Å². The molecule has 0 radical (unpaired) electrons. The van der Waals surface area contributed by atoms with Gasteiger partial charge in [-0.3, -0.25) is 0 Å². The molecule has 1 aromatic carbocycles. The molecule has 0 aromatic heterocycles. The van der Waals surface area contributed by atoms with E-state index in [0.29, 0.717) is 0 Å². The highest BCUT2D eigenvalue weighted by atomic mass is 35.5. The number of nitrogens with zero attached hydrogens (tertiary/aromatic N) is 1. The molecule has 16 heavy (non-hydrogen) atoms. The van der Waals surface area contributed by atoms with Crippen molar-refractivity contribution in [3.8, 4) is 0 Å². The van der Waals surface area contributed by atoms with E-state index in [1.807, 2.05) is 0 Å². The molecule has 1 nitrogen and oxygen atoms in total. The topological polar surface area (TPSA) is 3.24 Å². The number of rotatable bonds is 3. The quantitative estimate of drug-likeness (QED) is 0.783. The maximum absolute atomic E-state index is 2.52. The van der Waals surface area contributed by atoms with Gasteiger partial charge in [-0.2, -0.15) is 0 Å². The van der Waals surface area contributed by atoms with Crippen molar-refractivity contribution in [3.63, 3.8) is 0 Å². The zero-order valence-corrected chi connectivity index (χ0v) is 11.1. The van der Waals surface area contributed by atoms with Gasteiger partial charge in [-0.25, -0.2) is 0 Å². The molecule has 0 fully saturated rings. The zero-order chi connectivity index (χ0) is 10.7. The van der Waals surface area contributed by atoms with Gasteiger partial charge in [-0.15, -0.1) is 12.4 Å². The number of halogens is 1. The molecule has 0 amide bonds. The summed E-state index contributed by atoms with van der Waals surface area (Å²) in [5.74, 6) is 0. The number of fused-ring (bicyclic) bond motifs is 1. The summed E-state index contributed by atoms with van der Waals surface area (Å²) in [6.45, 7) is 3.49. The molecule has 2 rings (SSSR count). The van der Waals surface area contributed by atoms with Gasteiger partial charge in [-0.1, -0.05) is 31.2 Å². The Morgan fingerprint density at radius 3 is 2.62 bits per heavy atom. The molecule has 1 aliphatic carbocycles. The Kier molecular flexibility index (Phi) is 5.30. The van der Waals surface area contributed by atoms with E-state index in [4.69, 9.17) is 0 Å². The van der Waals surface area contributed by atoms with Crippen molar-refractivity contribution in [1.82, 2.24) is 4.90 Å². The summed E-state index contributed by atoms with van der Waals surface area (Å²) in [6, 6.07) is 9.67. The summed E-state index contributed by atoms with van der Waals surface area (Å²) in [7, 11) is 2.27. The van der Waals surface area contributed by atoms with Gasteiger partial charge >= 0.3 is 0 Å². The molecule has 1 atom stereocenters. The lowest BCUT2D eigenvalue weighted by molar-refractivity contribution is 0.222. The van der Waals surface area contributed by atoms with Crippen LogP contribution < -0.4 is 0 Å². The Morgan fingerprint density at radius 1 is 1.25 bits per heavy atom. The molecule has 0 aliphatic heterocycles. The first-order chi connectivity index (χ1) is 7.31. The molecule has 0 saturated heterocycles. The second-order valence-corrected chi connectivity index (χ2v) is 4.65. The van der Waals surface area contributed by atoms with E-state index in [2.05, 4.69) is 43.1 Å². The van der Waals surface area contributed by atoms with Crippen LogP contribution in [0.25, 0.3) is 0 Å². The molecule has 0 heterocycles. The number of aryl methyl sites for hydroxylation is 1. The first-order valence-electron chi connectivity index (χ1n) is 6.08. The molecule has 0 spiro atoms. The number of benzene rings is 1. The van der Waals surface area contributed by atoms with Crippen molar-refractivity contribution < 1.29 is 0 Å². The van der Waals surface area contributed by atoms with Crippen LogP contribution in [0.4, 0.5) is 0 Å². The van der Waals surface area contributed by atoms with Gasteiger partial charge in [0, 0.05) is 6.04 Å². The van der Waals surface area contributed by atoms with Crippen LogP contribution in [0, 0.1) is 0 Å². The molecule has 0 N–H and O–H groups in total. The fourth-order valence-corrected chi connectivity index (χ4v) is 2.59. The van der Waals surface area contributed by atoms with Gasteiger partial charge in [-0.05, 0) is 50.4 Å².